The predicted molar refractivity (Wildman–Crippen MR) is 95.1 cm³/mol. The van der Waals surface area contributed by atoms with E-state index < -0.39 is 0 Å². The molecule has 0 bridgehead atoms. The number of amides is 1. The van der Waals surface area contributed by atoms with Crippen molar-refractivity contribution in [3.63, 3.8) is 0 Å². The first-order valence-corrected chi connectivity index (χ1v) is 9.76. The Hall–Kier alpha value is -1.02. The Bertz CT molecular complexity index is 536. The molecule has 134 valence electrons. The van der Waals surface area contributed by atoms with Crippen LogP contribution in [-0.4, -0.2) is 72.2 Å². The fraction of sp³-hybridized carbons (Fsp3) is 0.765. The summed E-state index contributed by atoms with van der Waals surface area (Å²) in [5, 5.41) is 6.31. The fourth-order valence-electron chi connectivity index (χ4n) is 3.35. The second-order valence-corrected chi connectivity index (χ2v) is 7.79. The molecular weight excluding hydrogens is 324 g/mol. The monoisotopic (exact) mass is 352 g/mol. The van der Waals surface area contributed by atoms with E-state index in [-0.39, 0.29) is 18.1 Å². The molecule has 2 atom stereocenters. The summed E-state index contributed by atoms with van der Waals surface area (Å²) in [5.74, 6) is 0.120. The minimum atomic E-state index is -0.0740. The first kappa shape index (κ1) is 17.8. The lowest BCUT2D eigenvalue weighted by Gasteiger charge is -2.37. The van der Waals surface area contributed by atoms with Crippen LogP contribution in [0.3, 0.4) is 0 Å². The molecule has 2 fully saturated rings. The van der Waals surface area contributed by atoms with Gasteiger partial charge in [0.15, 0.2) is 0 Å². The van der Waals surface area contributed by atoms with Gasteiger partial charge in [-0.3, -0.25) is 14.6 Å². The highest BCUT2D eigenvalue weighted by Gasteiger charge is 2.26. The highest BCUT2D eigenvalue weighted by molar-refractivity contribution is 7.09. The number of carbonyl (C=O) groups excluding carboxylic acids is 1. The molecule has 24 heavy (non-hydrogen) atoms. The van der Waals surface area contributed by atoms with E-state index in [0.717, 1.165) is 62.9 Å². The molecule has 2 saturated heterocycles. The second-order valence-electron chi connectivity index (χ2n) is 6.73. The third-order valence-electron chi connectivity index (χ3n) is 4.91. The van der Waals surface area contributed by atoms with Gasteiger partial charge in [0.25, 0.3) is 0 Å². The van der Waals surface area contributed by atoms with E-state index in [1.807, 2.05) is 13.8 Å². The molecule has 0 radical (unpaired) electrons. The molecule has 7 heteroatoms. The summed E-state index contributed by atoms with van der Waals surface area (Å²) in [4.78, 5) is 21.6. The van der Waals surface area contributed by atoms with Gasteiger partial charge in [0, 0.05) is 51.3 Å². The molecule has 2 aliphatic heterocycles. The van der Waals surface area contributed by atoms with Crippen molar-refractivity contribution in [2.75, 3.05) is 39.3 Å². The van der Waals surface area contributed by atoms with E-state index in [4.69, 9.17) is 4.74 Å². The van der Waals surface area contributed by atoms with E-state index in [1.165, 1.54) is 0 Å². The van der Waals surface area contributed by atoms with Crippen molar-refractivity contribution in [2.45, 2.75) is 45.4 Å². The zero-order valence-electron chi connectivity index (χ0n) is 14.7. The van der Waals surface area contributed by atoms with Gasteiger partial charge in [-0.2, -0.15) is 0 Å². The lowest BCUT2D eigenvalue weighted by molar-refractivity contribution is -0.127. The molecule has 0 aliphatic carbocycles. The number of aryl methyl sites for hydroxylation is 1. The average Bonchev–Trinajstić information content (AvgIpc) is 3.24. The van der Waals surface area contributed by atoms with Crippen LogP contribution in [0.1, 0.15) is 30.5 Å². The first-order chi connectivity index (χ1) is 11.6. The number of aromatic nitrogens is 1. The maximum Gasteiger partial charge on any atom is 0.237 e. The molecule has 1 aromatic heterocycles. The topological polar surface area (TPSA) is 57.7 Å². The van der Waals surface area contributed by atoms with Gasteiger partial charge in [0.2, 0.25) is 5.91 Å². The Balaban J connectivity index is 1.39. The van der Waals surface area contributed by atoms with Crippen LogP contribution < -0.4 is 5.32 Å². The minimum Gasteiger partial charge on any atom is -0.376 e. The molecule has 1 amide bonds. The number of ether oxygens (including phenoxy) is 1. The number of carbonyl (C=O) groups is 1. The van der Waals surface area contributed by atoms with E-state index >= 15 is 0 Å². The molecule has 6 nitrogen and oxygen atoms in total. The molecule has 1 aromatic rings. The van der Waals surface area contributed by atoms with Gasteiger partial charge in [-0.1, -0.05) is 0 Å². The van der Waals surface area contributed by atoms with Crippen LogP contribution in [0, 0.1) is 6.92 Å². The predicted octanol–water partition coefficient (Wildman–Crippen LogP) is 1.25. The first-order valence-electron chi connectivity index (χ1n) is 8.88. The van der Waals surface area contributed by atoms with E-state index in [1.54, 1.807) is 11.3 Å². The summed E-state index contributed by atoms with van der Waals surface area (Å²) < 4.78 is 5.56. The smallest absolute Gasteiger partial charge is 0.237 e. The Kier molecular flexibility index (Phi) is 6.21. The number of thiazole rings is 1. The zero-order valence-corrected chi connectivity index (χ0v) is 15.5. The van der Waals surface area contributed by atoms with Crippen molar-refractivity contribution in [1.29, 1.82) is 0 Å². The summed E-state index contributed by atoms with van der Waals surface area (Å²) in [5.41, 5.74) is 1.16. The number of hydrogen-bond donors (Lipinski definition) is 1. The molecule has 2 aliphatic rings. The van der Waals surface area contributed by atoms with Crippen LogP contribution in [0.25, 0.3) is 0 Å². The van der Waals surface area contributed by atoms with Crippen LogP contribution in [0.5, 0.6) is 0 Å². The third kappa shape index (κ3) is 4.75. The van der Waals surface area contributed by atoms with Crippen molar-refractivity contribution in [2.24, 2.45) is 0 Å². The average molecular weight is 353 g/mol. The van der Waals surface area contributed by atoms with Gasteiger partial charge in [-0.15, -0.1) is 11.3 Å². The molecule has 3 heterocycles. The Labute approximate surface area is 148 Å². The zero-order chi connectivity index (χ0) is 16.9. The molecule has 0 aromatic carbocycles. The third-order valence-corrected chi connectivity index (χ3v) is 5.74. The summed E-state index contributed by atoms with van der Waals surface area (Å²) in [6, 6.07) is -0.0740. The SMILES string of the molecule is Cc1nc(CN2CCN([C@H](C)C(=O)NC[C@@H]3CCCO3)CC2)cs1. The summed E-state index contributed by atoms with van der Waals surface area (Å²) in [6.45, 7) is 10.3. The molecule has 0 spiro atoms. The van der Waals surface area contributed by atoms with Crippen molar-refractivity contribution in [3.8, 4) is 0 Å². The van der Waals surface area contributed by atoms with Crippen LogP contribution in [0.2, 0.25) is 0 Å². The number of hydrogen-bond acceptors (Lipinski definition) is 6. The van der Waals surface area contributed by atoms with Gasteiger partial charge in [0.05, 0.1) is 22.8 Å². The normalized spacial score (nSPS) is 24.2. The molecule has 0 saturated carbocycles. The van der Waals surface area contributed by atoms with Crippen molar-refractivity contribution in [3.05, 3.63) is 16.1 Å². The maximum atomic E-state index is 12.3. The van der Waals surface area contributed by atoms with Crippen LogP contribution in [0.15, 0.2) is 5.38 Å². The lowest BCUT2D eigenvalue weighted by atomic mass is 10.2. The Morgan fingerprint density at radius 2 is 2.25 bits per heavy atom. The largest absolute Gasteiger partial charge is 0.376 e. The fourth-order valence-corrected chi connectivity index (χ4v) is 3.96. The van der Waals surface area contributed by atoms with E-state index in [9.17, 15) is 4.79 Å². The highest BCUT2D eigenvalue weighted by Crippen LogP contribution is 2.14. The Morgan fingerprint density at radius 1 is 1.46 bits per heavy atom. The van der Waals surface area contributed by atoms with Gasteiger partial charge < -0.3 is 10.1 Å². The van der Waals surface area contributed by atoms with E-state index in [0.29, 0.717) is 6.54 Å². The van der Waals surface area contributed by atoms with Crippen LogP contribution >= 0.6 is 11.3 Å². The van der Waals surface area contributed by atoms with Crippen molar-refractivity contribution < 1.29 is 9.53 Å². The van der Waals surface area contributed by atoms with Crippen LogP contribution in [-0.2, 0) is 16.1 Å². The molecule has 1 N–H and O–H groups in total. The summed E-state index contributed by atoms with van der Waals surface area (Å²) >= 11 is 1.71. The quantitative estimate of drug-likeness (QED) is 0.835. The number of rotatable bonds is 6. The number of piperazine rings is 1. The lowest BCUT2D eigenvalue weighted by Crippen LogP contribution is -2.54. The van der Waals surface area contributed by atoms with Crippen molar-refractivity contribution >= 4 is 17.2 Å². The van der Waals surface area contributed by atoms with Crippen molar-refractivity contribution in [1.82, 2.24) is 20.1 Å². The summed E-state index contributed by atoms with van der Waals surface area (Å²) in [7, 11) is 0. The van der Waals surface area contributed by atoms with Gasteiger partial charge in [0.1, 0.15) is 0 Å². The molecule has 0 unspecified atom stereocenters. The minimum absolute atomic E-state index is 0.0740. The molecule has 3 rings (SSSR count). The van der Waals surface area contributed by atoms with Gasteiger partial charge in [-0.05, 0) is 26.7 Å². The number of nitrogens with zero attached hydrogens (tertiary/aromatic N) is 3. The number of nitrogens with one attached hydrogen (secondary N) is 1. The standard InChI is InChI=1S/C17H28N4O2S/c1-13(17(22)18-10-16-4-3-9-23-16)21-7-5-20(6-8-21)11-15-12-24-14(2)19-15/h12-13,16H,3-11H2,1-2H3,(H,18,22)/t13-,16+/m1/s1. The van der Waals surface area contributed by atoms with Crippen LogP contribution in [0.4, 0.5) is 0 Å². The summed E-state index contributed by atoms with van der Waals surface area (Å²) in [6.07, 6.45) is 2.37. The maximum absolute atomic E-state index is 12.3. The molecular formula is C17H28N4O2S. The van der Waals surface area contributed by atoms with Gasteiger partial charge >= 0.3 is 0 Å². The highest BCUT2D eigenvalue weighted by atomic mass is 32.1. The Morgan fingerprint density at radius 3 is 2.88 bits per heavy atom. The van der Waals surface area contributed by atoms with E-state index in [2.05, 4.69) is 25.5 Å². The van der Waals surface area contributed by atoms with Gasteiger partial charge in [-0.25, -0.2) is 4.98 Å². The second kappa shape index (κ2) is 8.38.